The highest BCUT2D eigenvalue weighted by Crippen LogP contribution is 2.04. The summed E-state index contributed by atoms with van der Waals surface area (Å²) in [7, 11) is 1.62. The molecule has 0 aliphatic carbocycles. The van der Waals surface area contributed by atoms with Gasteiger partial charge in [-0.25, -0.2) is 4.79 Å². The van der Waals surface area contributed by atoms with E-state index in [0.717, 1.165) is 19.5 Å². The number of carbonyl (C=O) groups is 1. The fourth-order valence-electron chi connectivity index (χ4n) is 1.47. The summed E-state index contributed by atoms with van der Waals surface area (Å²) in [5.41, 5.74) is 5.55. The molecule has 1 rings (SSSR count). The Morgan fingerprint density at radius 3 is 3.08 bits per heavy atom. The van der Waals surface area contributed by atoms with E-state index in [1.165, 1.54) is 0 Å². The molecule has 5 heteroatoms. The van der Waals surface area contributed by atoms with E-state index in [9.17, 15) is 4.79 Å². The molecule has 1 fully saturated rings. The van der Waals surface area contributed by atoms with Crippen molar-refractivity contribution in [3.8, 4) is 0 Å². The number of urea groups is 1. The number of rotatable bonds is 4. The Morgan fingerprint density at radius 2 is 2.54 bits per heavy atom. The highest BCUT2D eigenvalue weighted by atomic mass is 16.5. The van der Waals surface area contributed by atoms with Crippen molar-refractivity contribution in [3.05, 3.63) is 0 Å². The third kappa shape index (κ3) is 2.57. The second-order valence-electron chi connectivity index (χ2n) is 3.12. The van der Waals surface area contributed by atoms with Crippen LogP contribution in [0.5, 0.6) is 0 Å². The van der Waals surface area contributed by atoms with Gasteiger partial charge in [0.25, 0.3) is 0 Å². The number of nitrogens with zero attached hydrogens (tertiary/aromatic N) is 1. The molecule has 0 saturated carbocycles. The largest absolute Gasteiger partial charge is 0.382 e. The SMILES string of the molecule is COCC(CN)N1CCCNC1=O. The monoisotopic (exact) mass is 187 g/mol. The maximum absolute atomic E-state index is 11.4. The molecule has 1 atom stereocenters. The Bertz CT molecular complexity index is 175. The molecule has 1 heterocycles. The van der Waals surface area contributed by atoms with Gasteiger partial charge in [0.05, 0.1) is 12.6 Å². The van der Waals surface area contributed by atoms with Gasteiger partial charge in [0, 0.05) is 26.7 Å². The van der Waals surface area contributed by atoms with Crippen LogP contribution in [0.3, 0.4) is 0 Å². The fourth-order valence-corrected chi connectivity index (χ4v) is 1.47. The highest BCUT2D eigenvalue weighted by molar-refractivity contribution is 5.75. The van der Waals surface area contributed by atoms with Crippen LogP contribution in [-0.4, -0.2) is 50.3 Å². The number of ether oxygens (including phenoxy) is 1. The molecular formula is C8H17N3O2. The highest BCUT2D eigenvalue weighted by Gasteiger charge is 2.24. The summed E-state index contributed by atoms with van der Waals surface area (Å²) in [5, 5.41) is 2.78. The van der Waals surface area contributed by atoms with Gasteiger partial charge < -0.3 is 20.7 Å². The first-order chi connectivity index (χ1) is 6.29. The summed E-state index contributed by atoms with van der Waals surface area (Å²) in [4.78, 5) is 13.1. The zero-order chi connectivity index (χ0) is 9.68. The number of hydrogen-bond acceptors (Lipinski definition) is 3. The first-order valence-corrected chi connectivity index (χ1v) is 4.53. The lowest BCUT2D eigenvalue weighted by Crippen LogP contribution is -2.54. The first-order valence-electron chi connectivity index (χ1n) is 4.53. The van der Waals surface area contributed by atoms with E-state index in [4.69, 9.17) is 10.5 Å². The molecule has 0 bridgehead atoms. The Kier molecular flexibility index (Phi) is 3.98. The van der Waals surface area contributed by atoms with E-state index >= 15 is 0 Å². The zero-order valence-corrected chi connectivity index (χ0v) is 7.95. The van der Waals surface area contributed by atoms with E-state index in [1.807, 2.05) is 0 Å². The lowest BCUT2D eigenvalue weighted by Gasteiger charge is -2.33. The minimum Gasteiger partial charge on any atom is -0.382 e. The molecule has 3 N–H and O–H groups in total. The molecule has 1 aliphatic heterocycles. The van der Waals surface area contributed by atoms with Crippen molar-refractivity contribution in [1.82, 2.24) is 10.2 Å². The van der Waals surface area contributed by atoms with Gasteiger partial charge in [-0.05, 0) is 6.42 Å². The van der Waals surface area contributed by atoms with Crippen molar-refractivity contribution < 1.29 is 9.53 Å². The Balaban J connectivity index is 2.49. The maximum atomic E-state index is 11.4. The average Bonchev–Trinajstić information content (AvgIpc) is 2.16. The van der Waals surface area contributed by atoms with Crippen LogP contribution < -0.4 is 11.1 Å². The second-order valence-corrected chi connectivity index (χ2v) is 3.12. The van der Waals surface area contributed by atoms with Gasteiger partial charge in [0.15, 0.2) is 0 Å². The normalized spacial score (nSPS) is 19.8. The van der Waals surface area contributed by atoms with Gasteiger partial charge >= 0.3 is 6.03 Å². The molecule has 5 nitrogen and oxygen atoms in total. The smallest absolute Gasteiger partial charge is 0.317 e. The lowest BCUT2D eigenvalue weighted by atomic mass is 10.2. The number of methoxy groups -OCH3 is 1. The summed E-state index contributed by atoms with van der Waals surface area (Å²) in [6.45, 7) is 2.49. The zero-order valence-electron chi connectivity index (χ0n) is 7.95. The summed E-state index contributed by atoms with van der Waals surface area (Å²) < 4.78 is 4.99. The molecule has 0 radical (unpaired) electrons. The van der Waals surface area contributed by atoms with Gasteiger partial charge in [0.1, 0.15) is 0 Å². The van der Waals surface area contributed by atoms with Crippen molar-refractivity contribution in [1.29, 1.82) is 0 Å². The average molecular weight is 187 g/mol. The molecule has 1 aliphatic rings. The number of amides is 2. The van der Waals surface area contributed by atoms with Crippen molar-refractivity contribution in [2.24, 2.45) is 5.73 Å². The van der Waals surface area contributed by atoms with E-state index in [2.05, 4.69) is 5.32 Å². The predicted octanol–water partition coefficient (Wildman–Crippen LogP) is -0.625. The van der Waals surface area contributed by atoms with Crippen molar-refractivity contribution in [2.75, 3.05) is 33.4 Å². The Morgan fingerprint density at radius 1 is 1.77 bits per heavy atom. The molecule has 13 heavy (non-hydrogen) atoms. The summed E-state index contributed by atoms with van der Waals surface area (Å²) in [6, 6.07) is -0.0240. The van der Waals surface area contributed by atoms with Gasteiger partial charge in [-0.3, -0.25) is 0 Å². The standard InChI is InChI=1S/C8H17N3O2/c1-13-6-7(5-9)11-4-2-3-10-8(11)12/h7H,2-6,9H2,1H3,(H,10,12). The molecule has 0 aromatic carbocycles. The van der Waals surface area contributed by atoms with Crippen LogP contribution in [0.1, 0.15) is 6.42 Å². The summed E-state index contributed by atoms with van der Waals surface area (Å²) in [6.07, 6.45) is 0.978. The van der Waals surface area contributed by atoms with Crippen LogP contribution in [0.4, 0.5) is 4.79 Å². The van der Waals surface area contributed by atoms with Crippen LogP contribution in [0, 0.1) is 0 Å². The third-order valence-electron chi connectivity index (χ3n) is 2.18. The molecule has 2 amide bonds. The number of hydrogen-bond donors (Lipinski definition) is 2. The molecular weight excluding hydrogens is 170 g/mol. The molecule has 1 unspecified atom stereocenters. The van der Waals surface area contributed by atoms with Crippen LogP contribution in [0.2, 0.25) is 0 Å². The van der Waals surface area contributed by atoms with E-state index in [-0.39, 0.29) is 12.1 Å². The molecule has 0 spiro atoms. The van der Waals surface area contributed by atoms with Crippen LogP contribution >= 0.6 is 0 Å². The van der Waals surface area contributed by atoms with Crippen molar-refractivity contribution in [3.63, 3.8) is 0 Å². The van der Waals surface area contributed by atoms with E-state index < -0.39 is 0 Å². The van der Waals surface area contributed by atoms with Crippen LogP contribution in [0.15, 0.2) is 0 Å². The number of carbonyl (C=O) groups excluding carboxylic acids is 1. The molecule has 76 valence electrons. The van der Waals surface area contributed by atoms with E-state index in [1.54, 1.807) is 12.0 Å². The molecule has 0 aromatic rings. The van der Waals surface area contributed by atoms with Gasteiger partial charge in [-0.2, -0.15) is 0 Å². The predicted molar refractivity (Wildman–Crippen MR) is 49.4 cm³/mol. The summed E-state index contributed by atoms with van der Waals surface area (Å²) in [5.74, 6) is 0. The molecule has 0 aromatic heterocycles. The second kappa shape index (κ2) is 5.04. The lowest BCUT2D eigenvalue weighted by molar-refractivity contribution is 0.0995. The minimum absolute atomic E-state index is 0.00491. The first kappa shape index (κ1) is 10.3. The van der Waals surface area contributed by atoms with E-state index in [0.29, 0.717) is 13.2 Å². The van der Waals surface area contributed by atoms with Gasteiger partial charge in [0.2, 0.25) is 0 Å². The minimum atomic E-state index is -0.0289. The van der Waals surface area contributed by atoms with Gasteiger partial charge in [-0.15, -0.1) is 0 Å². The number of nitrogens with two attached hydrogens (primary N) is 1. The Labute approximate surface area is 78.2 Å². The summed E-state index contributed by atoms with van der Waals surface area (Å²) >= 11 is 0. The van der Waals surface area contributed by atoms with Crippen molar-refractivity contribution in [2.45, 2.75) is 12.5 Å². The maximum Gasteiger partial charge on any atom is 0.317 e. The van der Waals surface area contributed by atoms with Crippen LogP contribution in [0.25, 0.3) is 0 Å². The quantitative estimate of drug-likeness (QED) is 0.616. The third-order valence-corrected chi connectivity index (χ3v) is 2.18. The van der Waals surface area contributed by atoms with Crippen molar-refractivity contribution >= 4 is 6.03 Å². The molecule has 1 saturated heterocycles. The Hall–Kier alpha value is -0.810. The topological polar surface area (TPSA) is 67.6 Å². The fraction of sp³-hybridized carbons (Fsp3) is 0.875. The number of nitrogens with one attached hydrogen (secondary N) is 1. The van der Waals surface area contributed by atoms with Crippen LogP contribution in [-0.2, 0) is 4.74 Å². The van der Waals surface area contributed by atoms with Gasteiger partial charge in [-0.1, -0.05) is 0 Å².